The zero-order chi connectivity index (χ0) is 8.69. The molecule has 0 aromatic carbocycles. The minimum absolute atomic E-state index is 0.131. The second-order valence-corrected chi connectivity index (χ2v) is 1.59. The Bertz CT molecular complexity index is 235. The van der Waals surface area contributed by atoms with E-state index < -0.39 is 11.5 Å². The molecule has 5 nitrogen and oxygen atoms in total. The van der Waals surface area contributed by atoms with Gasteiger partial charge in [0.1, 0.15) is 19.2 Å². The van der Waals surface area contributed by atoms with Crippen LogP contribution < -0.4 is 5.73 Å². The Labute approximate surface area is 63.6 Å². The second kappa shape index (κ2) is 5.18. The van der Waals surface area contributed by atoms with Crippen LogP contribution in [0, 0.1) is 11.3 Å². The summed E-state index contributed by atoms with van der Waals surface area (Å²) < 4.78 is 4.45. The van der Waals surface area contributed by atoms with E-state index in [0.717, 1.165) is 0 Å². The van der Waals surface area contributed by atoms with Crippen molar-refractivity contribution in [2.75, 3.05) is 13.2 Å². The van der Waals surface area contributed by atoms with Gasteiger partial charge in [0.2, 0.25) is 0 Å². The highest BCUT2D eigenvalue weighted by Gasteiger charge is 2.06. The molecule has 0 unspecified atom stereocenters. The number of ether oxygens (including phenoxy) is 1. The third kappa shape index (κ3) is 3.16. The molecule has 0 fully saturated rings. The van der Waals surface area contributed by atoms with Gasteiger partial charge >= 0.3 is 5.97 Å². The minimum atomic E-state index is -0.876. The third-order valence-corrected chi connectivity index (χ3v) is 0.805. The Hall–Kier alpha value is -1.63. The molecule has 0 atom stereocenters. The van der Waals surface area contributed by atoms with Crippen LogP contribution in [0.15, 0.2) is 5.57 Å². The fourth-order valence-electron chi connectivity index (χ4n) is 0.353. The molecular formula is C6H7N3O2. The number of esters is 1. The van der Waals surface area contributed by atoms with E-state index in [-0.39, 0.29) is 6.61 Å². The van der Waals surface area contributed by atoms with Crippen LogP contribution >= 0.6 is 0 Å². The first-order chi connectivity index (χ1) is 5.26. The van der Waals surface area contributed by atoms with Gasteiger partial charge in [-0.1, -0.05) is 0 Å². The summed E-state index contributed by atoms with van der Waals surface area (Å²) in [5.41, 5.74) is 2.89. The van der Waals surface area contributed by atoms with Gasteiger partial charge in [-0.15, -0.1) is 0 Å². The summed E-state index contributed by atoms with van der Waals surface area (Å²) >= 11 is 0. The number of carbonyl (C=O) groups is 1. The van der Waals surface area contributed by atoms with Crippen LogP contribution in [0.4, 0.5) is 0 Å². The summed E-state index contributed by atoms with van der Waals surface area (Å²) in [4.78, 5) is 10.6. The molecule has 0 amide bonds. The first kappa shape index (κ1) is 9.37. The number of hydrogen-bond acceptors (Lipinski definition) is 3. The molecular weight excluding hydrogens is 146 g/mol. The van der Waals surface area contributed by atoms with Crippen molar-refractivity contribution >= 4 is 11.8 Å². The first-order valence-electron chi connectivity index (χ1n) is 2.89. The number of nitrogens with zero attached hydrogens (tertiary/aromatic N) is 2. The Morgan fingerprint density at radius 2 is 2.36 bits per heavy atom. The van der Waals surface area contributed by atoms with Gasteiger partial charge in [0.05, 0.1) is 0 Å². The maximum atomic E-state index is 10.6. The lowest BCUT2D eigenvalue weighted by Crippen LogP contribution is -2.52. The third-order valence-electron chi connectivity index (χ3n) is 0.805. The van der Waals surface area contributed by atoms with Gasteiger partial charge in [0.25, 0.3) is 0 Å². The van der Waals surface area contributed by atoms with Crippen LogP contribution in [0.25, 0.3) is 5.41 Å². The summed E-state index contributed by atoms with van der Waals surface area (Å²) in [6.45, 7) is 0.557. The Morgan fingerprint density at radius 1 is 1.73 bits per heavy atom. The Morgan fingerprint density at radius 3 is 2.73 bits per heavy atom. The van der Waals surface area contributed by atoms with Gasteiger partial charge in [-0.25, -0.2) is 10.7 Å². The zero-order valence-electron chi connectivity index (χ0n) is 5.83. The molecule has 5 heteroatoms. The average Bonchev–Trinajstić information content (AvgIpc) is 2.03. The molecule has 0 spiro atoms. The highest BCUT2D eigenvalue weighted by Crippen LogP contribution is 1.89. The highest BCUT2D eigenvalue weighted by molar-refractivity contribution is 6.02. The summed E-state index contributed by atoms with van der Waals surface area (Å²) in [7, 11) is 0. The van der Waals surface area contributed by atoms with E-state index in [1.54, 1.807) is 0 Å². The van der Waals surface area contributed by atoms with Crippen LogP contribution in [-0.4, -0.2) is 25.0 Å². The minimum Gasteiger partial charge on any atom is -0.762 e. The maximum absolute atomic E-state index is 10.6. The molecule has 11 heavy (non-hydrogen) atoms. The zero-order valence-corrected chi connectivity index (χ0v) is 5.83. The van der Waals surface area contributed by atoms with Crippen LogP contribution in [-0.2, 0) is 9.53 Å². The van der Waals surface area contributed by atoms with Gasteiger partial charge in [-0.3, -0.25) is 0 Å². The predicted octanol–water partition coefficient (Wildman–Crippen LogP) is -1.54. The molecule has 0 aromatic heterocycles. The highest BCUT2D eigenvalue weighted by atomic mass is 16.5. The van der Waals surface area contributed by atoms with E-state index >= 15 is 0 Å². The Kier molecular flexibility index (Phi) is 4.41. The molecule has 0 aliphatic rings. The number of quaternary nitrogens is 1. The molecule has 0 radical (unpaired) electrons. The quantitative estimate of drug-likeness (QED) is 0.230. The van der Waals surface area contributed by atoms with Crippen LogP contribution in [0.2, 0.25) is 0 Å². The monoisotopic (exact) mass is 153 g/mol. The summed E-state index contributed by atoms with van der Waals surface area (Å²) in [6, 6.07) is 1.42. The van der Waals surface area contributed by atoms with E-state index in [1.165, 1.54) is 11.9 Å². The van der Waals surface area contributed by atoms with Gasteiger partial charge in [0, 0.05) is 0 Å². The SMILES string of the molecule is N#CC(=C=[N-])C(=O)OCC[NH3+]. The summed E-state index contributed by atoms with van der Waals surface area (Å²) in [5, 5.41) is 16.3. The first-order valence-corrected chi connectivity index (χ1v) is 2.89. The fourth-order valence-corrected chi connectivity index (χ4v) is 0.353. The normalized spacial score (nSPS) is 7.64. The molecule has 0 saturated heterocycles. The van der Waals surface area contributed by atoms with Crippen molar-refractivity contribution < 1.29 is 15.3 Å². The molecule has 0 aliphatic heterocycles. The smallest absolute Gasteiger partial charge is 0.355 e. The van der Waals surface area contributed by atoms with Crippen molar-refractivity contribution in [1.29, 1.82) is 5.26 Å². The van der Waals surface area contributed by atoms with Crippen molar-refractivity contribution in [1.82, 2.24) is 0 Å². The maximum Gasteiger partial charge on any atom is 0.355 e. The van der Waals surface area contributed by atoms with Crippen molar-refractivity contribution in [3.05, 3.63) is 11.0 Å². The largest absolute Gasteiger partial charge is 0.762 e. The van der Waals surface area contributed by atoms with Gasteiger partial charge < -0.3 is 15.9 Å². The van der Waals surface area contributed by atoms with Crippen molar-refractivity contribution in [3.63, 3.8) is 0 Å². The molecule has 58 valence electrons. The number of carbonyl (C=O) groups excluding carboxylic acids is 1. The van der Waals surface area contributed by atoms with Crippen LogP contribution in [0.3, 0.4) is 0 Å². The number of rotatable bonds is 3. The molecule has 0 heterocycles. The predicted molar refractivity (Wildman–Crippen MR) is 36.2 cm³/mol. The molecule has 0 aliphatic carbocycles. The van der Waals surface area contributed by atoms with Crippen molar-refractivity contribution in [3.8, 4) is 6.07 Å². The van der Waals surface area contributed by atoms with E-state index in [2.05, 4.69) is 10.5 Å². The van der Waals surface area contributed by atoms with E-state index in [4.69, 9.17) is 10.7 Å². The van der Waals surface area contributed by atoms with E-state index in [9.17, 15) is 4.79 Å². The van der Waals surface area contributed by atoms with Crippen molar-refractivity contribution in [2.45, 2.75) is 0 Å². The fraction of sp³-hybridized carbons (Fsp3) is 0.333. The Balaban J connectivity index is 4.05. The van der Waals surface area contributed by atoms with Crippen molar-refractivity contribution in [2.24, 2.45) is 0 Å². The van der Waals surface area contributed by atoms with Gasteiger partial charge in [-0.05, 0) is 0 Å². The number of hydrogen-bond donors (Lipinski definition) is 1. The van der Waals surface area contributed by atoms with E-state index in [1.807, 2.05) is 0 Å². The van der Waals surface area contributed by atoms with Gasteiger partial charge in [-0.2, -0.15) is 5.26 Å². The second-order valence-electron chi connectivity index (χ2n) is 1.59. The van der Waals surface area contributed by atoms with Crippen LogP contribution in [0.1, 0.15) is 0 Å². The van der Waals surface area contributed by atoms with Crippen LogP contribution in [0.5, 0.6) is 0 Å². The average molecular weight is 153 g/mol. The summed E-state index contributed by atoms with van der Waals surface area (Å²) in [6.07, 6.45) is 0. The lowest BCUT2D eigenvalue weighted by Gasteiger charge is -1.97. The number of nitriles is 1. The van der Waals surface area contributed by atoms with Gasteiger partial charge in [0.15, 0.2) is 5.57 Å². The molecule has 0 bridgehead atoms. The standard InChI is InChI=1S/C6H6N3O2/c7-1-2-11-6(10)5(3-8)4-9/h1-2,7H2/q-1/p+1. The lowest BCUT2D eigenvalue weighted by molar-refractivity contribution is -0.372. The molecule has 0 aromatic rings. The lowest BCUT2D eigenvalue weighted by atomic mass is 10.3. The molecule has 0 saturated carbocycles. The van der Waals surface area contributed by atoms with E-state index in [0.29, 0.717) is 6.54 Å². The molecule has 0 rings (SSSR count). The molecule has 3 N–H and O–H groups in total. The summed E-state index contributed by atoms with van der Waals surface area (Å²) in [5.74, 6) is 0.545. The topological polar surface area (TPSA) is 100 Å².